The quantitative estimate of drug-likeness (QED) is 0.588. The fourth-order valence-electron chi connectivity index (χ4n) is 1.90. The number of H-pyrrole nitrogens is 1. The highest BCUT2D eigenvalue weighted by molar-refractivity contribution is 6.58. The van der Waals surface area contributed by atoms with Gasteiger partial charge >= 0.3 is 7.12 Å². The van der Waals surface area contributed by atoms with E-state index in [1.165, 1.54) is 0 Å². The molecule has 3 aromatic rings. The Balaban J connectivity index is 0.00000133. The smallest absolute Gasteiger partial charge is 0.423 e. The van der Waals surface area contributed by atoms with E-state index in [0.29, 0.717) is 5.46 Å². The van der Waals surface area contributed by atoms with E-state index in [1.54, 1.807) is 12.1 Å². The van der Waals surface area contributed by atoms with E-state index < -0.39 is 7.12 Å². The fraction of sp³-hybridized carbons (Fsp3) is 0. The molecule has 0 radical (unpaired) electrons. The Labute approximate surface area is 106 Å². The summed E-state index contributed by atoms with van der Waals surface area (Å²) in [6.07, 6.45) is 0. The normalized spacial score (nSPS) is 10.8. The highest BCUT2D eigenvalue weighted by Crippen LogP contribution is 2.19. The molecule has 0 aliphatic rings. The van der Waals surface area contributed by atoms with Crippen LogP contribution in [0.1, 0.15) is 1.43 Å². The SMILES string of the molecule is OB(O)c1ccc(-c2nc3ccccc3[nH]2)cc1.[HH]. The molecule has 1 heterocycles. The number of nitrogens with one attached hydrogen (secondary N) is 1. The molecule has 0 aliphatic heterocycles. The van der Waals surface area contributed by atoms with Gasteiger partial charge < -0.3 is 15.0 Å². The molecule has 0 aliphatic carbocycles. The Morgan fingerprint density at radius 2 is 1.72 bits per heavy atom. The lowest BCUT2D eigenvalue weighted by molar-refractivity contribution is 0.426. The Morgan fingerprint density at radius 1 is 1.00 bits per heavy atom. The average molecular weight is 240 g/mol. The van der Waals surface area contributed by atoms with Crippen LogP contribution in [-0.2, 0) is 0 Å². The zero-order valence-electron chi connectivity index (χ0n) is 9.54. The van der Waals surface area contributed by atoms with Gasteiger partial charge in [0.2, 0.25) is 0 Å². The first-order valence-electron chi connectivity index (χ1n) is 5.65. The van der Waals surface area contributed by atoms with Crippen LogP contribution in [0.25, 0.3) is 22.4 Å². The molecule has 3 rings (SSSR count). The fourth-order valence-corrected chi connectivity index (χ4v) is 1.90. The van der Waals surface area contributed by atoms with Crippen LogP contribution in [-0.4, -0.2) is 27.1 Å². The summed E-state index contributed by atoms with van der Waals surface area (Å²) in [4.78, 5) is 7.70. The summed E-state index contributed by atoms with van der Waals surface area (Å²) in [5.41, 5.74) is 3.28. The number of aromatic amines is 1. The highest BCUT2D eigenvalue weighted by atomic mass is 16.4. The lowest BCUT2D eigenvalue weighted by Gasteiger charge is -2.00. The predicted molar refractivity (Wildman–Crippen MR) is 73.5 cm³/mol. The standard InChI is InChI=1S/C13H11BN2O2.H2/c17-14(18)10-7-5-9(6-8-10)13-15-11-3-1-2-4-12(11)16-13;/h1-8,17-18H,(H,15,16);1H. The van der Waals surface area contributed by atoms with Crippen molar-refractivity contribution in [3.8, 4) is 11.4 Å². The van der Waals surface area contributed by atoms with Crippen molar-refractivity contribution >= 4 is 23.6 Å². The van der Waals surface area contributed by atoms with Crippen LogP contribution in [0, 0.1) is 0 Å². The minimum absolute atomic E-state index is 0. The molecule has 90 valence electrons. The number of rotatable bonds is 2. The molecule has 18 heavy (non-hydrogen) atoms. The van der Waals surface area contributed by atoms with Crippen LogP contribution in [0.15, 0.2) is 48.5 Å². The molecule has 2 aromatic carbocycles. The number of hydrogen-bond acceptors (Lipinski definition) is 3. The largest absolute Gasteiger partial charge is 0.488 e. The summed E-state index contributed by atoms with van der Waals surface area (Å²) in [6.45, 7) is 0. The third-order valence-corrected chi connectivity index (χ3v) is 2.87. The van der Waals surface area contributed by atoms with Crippen molar-refractivity contribution in [1.82, 2.24) is 9.97 Å². The Kier molecular flexibility index (Phi) is 2.62. The topological polar surface area (TPSA) is 69.1 Å². The van der Waals surface area contributed by atoms with Crippen LogP contribution < -0.4 is 5.46 Å². The predicted octanol–water partition coefficient (Wildman–Crippen LogP) is 1.16. The van der Waals surface area contributed by atoms with Crippen molar-refractivity contribution in [2.24, 2.45) is 0 Å². The van der Waals surface area contributed by atoms with Gasteiger partial charge in [0.1, 0.15) is 5.82 Å². The van der Waals surface area contributed by atoms with E-state index in [2.05, 4.69) is 9.97 Å². The van der Waals surface area contributed by atoms with Crippen LogP contribution in [0.4, 0.5) is 0 Å². The van der Waals surface area contributed by atoms with Gasteiger partial charge in [0, 0.05) is 6.99 Å². The summed E-state index contributed by atoms with van der Waals surface area (Å²) >= 11 is 0. The van der Waals surface area contributed by atoms with Gasteiger partial charge in [-0.3, -0.25) is 0 Å². The number of aromatic nitrogens is 2. The highest BCUT2D eigenvalue weighted by Gasteiger charge is 2.11. The van der Waals surface area contributed by atoms with E-state index in [-0.39, 0.29) is 1.43 Å². The molecule has 0 bridgehead atoms. The molecule has 5 heteroatoms. The van der Waals surface area contributed by atoms with Crippen molar-refractivity contribution < 1.29 is 11.5 Å². The van der Waals surface area contributed by atoms with Crippen LogP contribution in [0.3, 0.4) is 0 Å². The zero-order chi connectivity index (χ0) is 12.5. The maximum absolute atomic E-state index is 9.03. The van der Waals surface area contributed by atoms with Gasteiger partial charge in [-0.1, -0.05) is 36.4 Å². The lowest BCUT2D eigenvalue weighted by atomic mass is 9.80. The van der Waals surface area contributed by atoms with E-state index >= 15 is 0 Å². The maximum Gasteiger partial charge on any atom is 0.488 e. The van der Waals surface area contributed by atoms with Crippen molar-refractivity contribution in [2.75, 3.05) is 0 Å². The van der Waals surface area contributed by atoms with Gasteiger partial charge in [-0.2, -0.15) is 0 Å². The monoisotopic (exact) mass is 240 g/mol. The van der Waals surface area contributed by atoms with Gasteiger partial charge in [-0.05, 0) is 17.6 Å². The van der Waals surface area contributed by atoms with Gasteiger partial charge in [0.15, 0.2) is 0 Å². The molecule has 4 nitrogen and oxygen atoms in total. The number of benzene rings is 2. The molecule has 0 fully saturated rings. The molecule has 0 atom stereocenters. The summed E-state index contributed by atoms with van der Waals surface area (Å²) in [6, 6.07) is 14.8. The van der Waals surface area contributed by atoms with Gasteiger partial charge in [-0.25, -0.2) is 4.98 Å². The minimum atomic E-state index is -1.44. The summed E-state index contributed by atoms with van der Waals surface area (Å²) in [7, 11) is -1.44. The number of nitrogens with zero attached hydrogens (tertiary/aromatic N) is 1. The Hall–Kier alpha value is -2.11. The molecule has 0 saturated heterocycles. The van der Waals surface area contributed by atoms with Gasteiger partial charge in [0.05, 0.1) is 11.0 Å². The van der Waals surface area contributed by atoms with Crippen LogP contribution in [0.5, 0.6) is 0 Å². The minimum Gasteiger partial charge on any atom is -0.423 e. The Bertz CT molecular complexity index is 649. The van der Waals surface area contributed by atoms with Gasteiger partial charge in [0.25, 0.3) is 0 Å². The summed E-state index contributed by atoms with van der Waals surface area (Å²) in [5, 5.41) is 18.1. The summed E-state index contributed by atoms with van der Waals surface area (Å²) < 4.78 is 0. The molecule has 0 amide bonds. The van der Waals surface area contributed by atoms with Gasteiger partial charge in [-0.15, -0.1) is 0 Å². The zero-order valence-corrected chi connectivity index (χ0v) is 9.54. The molecule has 1 aromatic heterocycles. The second kappa shape index (κ2) is 4.29. The molecular formula is C13H13BN2O2. The third-order valence-electron chi connectivity index (χ3n) is 2.87. The number of imidazole rings is 1. The first kappa shape index (κ1) is 11.0. The summed E-state index contributed by atoms with van der Waals surface area (Å²) in [5.74, 6) is 0.773. The number of fused-ring (bicyclic) bond motifs is 1. The molecule has 0 unspecified atom stereocenters. The van der Waals surface area contributed by atoms with E-state index in [1.807, 2.05) is 36.4 Å². The first-order chi connectivity index (χ1) is 8.74. The molecule has 3 N–H and O–H groups in total. The van der Waals surface area contributed by atoms with E-state index in [9.17, 15) is 0 Å². The first-order valence-corrected chi connectivity index (χ1v) is 5.65. The number of para-hydroxylation sites is 2. The third kappa shape index (κ3) is 1.90. The average Bonchev–Trinajstić information content (AvgIpc) is 2.82. The molecule has 0 saturated carbocycles. The Morgan fingerprint density at radius 3 is 2.39 bits per heavy atom. The lowest BCUT2D eigenvalue weighted by Crippen LogP contribution is -2.29. The van der Waals surface area contributed by atoms with Crippen molar-refractivity contribution in [3.63, 3.8) is 0 Å². The molecular weight excluding hydrogens is 227 g/mol. The maximum atomic E-state index is 9.03. The van der Waals surface area contributed by atoms with Crippen LogP contribution >= 0.6 is 0 Å². The molecule has 0 spiro atoms. The van der Waals surface area contributed by atoms with E-state index in [4.69, 9.17) is 10.0 Å². The van der Waals surface area contributed by atoms with E-state index in [0.717, 1.165) is 22.4 Å². The van der Waals surface area contributed by atoms with Crippen molar-refractivity contribution in [1.29, 1.82) is 0 Å². The number of hydrogen-bond donors (Lipinski definition) is 3. The van der Waals surface area contributed by atoms with Crippen molar-refractivity contribution in [2.45, 2.75) is 0 Å². The second-order valence-corrected chi connectivity index (χ2v) is 4.10. The second-order valence-electron chi connectivity index (χ2n) is 4.10. The van der Waals surface area contributed by atoms with Crippen molar-refractivity contribution in [3.05, 3.63) is 48.5 Å². The van der Waals surface area contributed by atoms with Crippen LogP contribution in [0.2, 0.25) is 0 Å².